The highest BCUT2D eigenvalue weighted by atomic mass is 32.2. The summed E-state index contributed by atoms with van der Waals surface area (Å²) < 4.78 is 97.2. The van der Waals surface area contributed by atoms with Crippen molar-refractivity contribution in [1.29, 1.82) is 0 Å². The van der Waals surface area contributed by atoms with E-state index in [1.54, 1.807) is 0 Å². The van der Waals surface area contributed by atoms with Crippen molar-refractivity contribution < 1.29 is 48.8 Å². The number of aromatic nitrogens is 2. The first kappa shape index (κ1) is 29.5. The molecule has 0 saturated heterocycles. The van der Waals surface area contributed by atoms with Gasteiger partial charge in [0.15, 0.2) is 11.4 Å². The van der Waals surface area contributed by atoms with Gasteiger partial charge in [-0.1, -0.05) is 12.1 Å². The molecule has 1 aromatic heterocycles. The van der Waals surface area contributed by atoms with Crippen LogP contribution in [0.3, 0.4) is 0 Å². The van der Waals surface area contributed by atoms with E-state index in [-0.39, 0.29) is 22.5 Å². The number of aromatic amines is 1. The fourth-order valence-electron chi connectivity index (χ4n) is 3.52. The van der Waals surface area contributed by atoms with Gasteiger partial charge in [-0.05, 0) is 60.2 Å². The second-order valence-corrected chi connectivity index (χ2v) is 12.4. The van der Waals surface area contributed by atoms with Gasteiger partial charge in [-0.25, -0.2) is 9.48 Å². The minimum Gasteiger partial charge on any atom is -0.476 e. The van der Waals surface area contributed by atoms with Crippen LogP contribution in [-0.4, -0.2) is 59.8 Å². The summed E-state index contributed by atoms with van der Waals surface area (Å²) in [5, 5.41) is 19.5. The van der Waals surface area contributed by atoms with E-state index >= 15 is 0 Å². The lowest BCUT2D eigenvalue weighted by Gasteiger charge is -2.08. The van der Waals surface area contributed by atoms with E-state index in [1.807, 2.05) is 0 Å². The summed E-state index contributed by atoms with van der Waals surface area (Å²) in [4.78, 5) is 23.3. The molecule has 0 bridgehead atoms. The van der Waals surface area contributed by atoms with Gasteiger partial charge in [-0.2, -0.15) is 25.3 Å². The highest BCUT2D eigenvalue weighted by molar-refractivity contribution is 7.86. The predicted molar refractivity (Wildman–Crippen MR) is 139 cm³/mol. The molecule has 3 aromatic carbocycles. The minimum absolute atomic E-state index is 0.0246. The fourth-order valence-corrected chi connectivity index (χ4v) is 4.99. The Morgan fingerprint density at radius 1 is 0.707 bits per heavy atom. The Bertz CT molecular complexity index is 2100. The van der Waals surface area contributed by atoms with Gasteiger partial charge in [-0.15, -0.1) is 10.2 Å². The molecule has 0 spiro atoms. The summed E-state index contributed by atoms with van der Waals surface area (Å²) in [5.41, 5.74) is -2.52. The van der Waals surface area contributed by atoms with E-state index in [0.29, 0.717) is 0 Å². The Kier molecular flexibility index (Phi) is 7.52. The van der Waals surface area contributed by atoms with Crippen LogP contribution in [0.15, 0.2) is 96.4 Å². The maximum atomic E-state index is 13.0. The molecule has 0 saturated carbocycles. The molecule has 0 atom stereocenters. The molecule has 5 N–H and O–H groups in total. The molecule has 1 heterocycles. The second kappa shape index (κ2) is 10.5. The number of carbonyl (C=O) groups is 1. The van der Waals surface area contributed by atoms with Crippen LogP contribution in [0.5, 0.6) is 0 Å². The van der Waals surface area contributed by atoms with Crippen LogP contribution in [0.2, 0.25) is 0 Å². The van der Waals surface area contributed by atoms with Gasteiger partial charge in [0.1, 0.15) is 0 Å². The normalized spacial score (nSPS) is 12.6. The Labute approximate surface area is 230 Å². The lowest BCUT2D eigenvalue weighted by Crippen LogP contribution is -2.14. The molecule has 4 aromatic rings. The van der Waals surface area contributed by atoms with E-state index in [1.165, 1.54) is 12.1 Å². The number of hydrogen-bond donors (Lipinski definition) is 5. The number of aromatic carboxylic acids is 1. The number of nitrogens with one attached hydrogen (secondary N) is 1. The number of rotatable bonds is 8. The first-order valence-electron chi connectivity index (χ1n) is 10.7. The summed E-state index contributed by atoms with van der Waals surface area (Å²) in [6.45, 7) is 0. The molecule has 19 heteroatoms. The smallest absolute Gasteiger partial charge is 0.356 e. The van der Waals surface area contributed by atoms with Crippen LogP contribution in [-0.2, 0) is 30.4 Å². The fraction of sp³-hybridized carbons (Fsp3) is 0. The van der Waals surface area contributed by atoms with Crippen LogP contribution < -0.4 is 5.56 Å². The predicted octanol–water partition coefficient (Wildman–Crippen LogP) is 2.69. The summed E-state index contributed by atoms with van der Waals surface area (Å²) >= 11 is 0. The van der Waals surface area contributed by atoms with Crippen molar-refractivity contribution in [3.05, 3.63) is 82.8 Å². The van der Waals surface area contributed by atoms with Gasteiger partial charge in [0.05, 0.1) is 26.1 Å². The molecular formula is C22H16N4O12S3. The Morgan fingerprint density at radius 3 is 1.68 bits per heavy atom. The van der Waals surface area contributed by atoms with Crippen molar-refractivity contribution in [2.75, 3.05) is 0 Å². The molecule has 41 heavy (non-hydrogen) atoms. The first-order valence-corrected chi connectivity index (χ1v) is 15.1. The van der Waals surface area contributed by atoms with Gasteiger partial charge in [0, 0.05) is 5.56 Å². The molecule has 4 rings (SSSR count). The summed E-state index contributed by atoms with van der Waals surface area (Å²) in [6.07, 6.45) is 0. The molecule has 0 aliphatic heterocycles. The zero-order valence-corrected chi connectivity index (χ0v) is 22.4. The third-order valence-electron chi connectivity index (χ3n) is 5.46. The third kappa shape index (κ3) is 6.29. The van der Waals surface area contributed by atoms with E-state index in [2.05, 4.69) is 15.3 Å². The van der Waals surface area contributed by atoms with Crippen molar-refractivity contribution in [3.8, 4) is 16.8 Å². The molecule has 0 aliphatic rings. The van der Waals surface area contributed by atoms with Gasteiger partial charge < -0.3 is 5.11 Å². The van der Waals surface area contributed by atoms with Crippen molar-refractivity contribution in [2.45, 2.75) is 14.7 Å². The zero-order chi connectivity index (χ0) is 30.3. The van der Waals surface area contributed by atoms with Gasteiger partial charge >= 0.3 is 5.97 Å². The van der Waals surface area contributed by atoms with E-state index in [4.69, 9.17) is 4.55 Å². The number of H-pyrrole nitrogens is 1. The summed E-state index contributed by atoms with van der Waals surface area (Å²) in [5.74, 6) is -1.62. The topological polar surface area (TPSA) is 263 Å². The Morgan fingerprint density at radius 2 is 1.20 bits per heavy atom. The molecule has 0 radical (unpaired) electrons. The number of carboxylic acid groups (broad SMARTS) is 1. The molecule has 0 fully saturated rings. The average Bonchev–Trinajstić information content (AvgIpc) is 3.22. The first-order chi connectivity index (χ1) is 19.0. The molecule has 0 unspecified atom stereocenters. The highest BCUT2D eigenvalue weighted by Gasteiger charge is 2.22. The number of azo groups is 1. The number of nitrogens with zero attached hydrogens (tertiary/aromatic N) is 3. The second-order valence-electron chi connectivity index (χ2n) is 8.10. The molecule has 0 amide bonds. The number of hydrogen-bond acceptors (Lipinski definition) is 10. The molecule has 16 nitrogen and oxygen atoms in total. The van der Waals surface area contributed by atoms with Crippen molar-refractivity contribution in [1.82, 2.24) is 9.78 Å². The lowest BCUT2D eigenvalue weighted by molar-refractivity contribution is 0.0690. The van der Waals surface area contributed by atoms with Gasteiger partial charge in [-0.3, -0.25) is 23.6 Å². The van der Waals surface area contributed by atoms with Gasteiger partial charge in [0.2, 0.25) is 0 Å². The van der Waals surface area contributed by atoms with Crippen LogP contribution in [0.1, 0.15) is 10.5 Å². The lowest BCUT2D eigenvalue weighted by atomic mass is 10.0. The molecule has 0 aliphatic carbocycles. The standard InChI is InChI=1S/C22H16N4O12S3/c27-21-19(20(22(28)29)25-26(21)13-3-7-15(8-4-13)40(33,34)35)24-23-18-10-9-16(41(36,37)38)11-17(18)12-1-5-14(6-2-12)39(30,31)32/h1-11,25H,(H,28,29)(H,30,31,32)(H,33,34,35)(H,36,37,38). The largest absolute Gasteiger partial charge is 0.476 e. The molecule has 214 valence electrons. The summed E-state index contributed by atoms with van der Waals surface area (Å²) in [7, 11) is -13.8. The van der Waals surface area contributed by atoms with Gasteiger partial charge in [0.25, 0.3) is 35.9 Å². The summed E-state index contributed by atoms with van der Waals surface area (Å²) in [6, 6.07) is 11.5. The quantitative estimate of drug-likeness (QED) is 0.140. The van der Waals surface area contributed by atoms with Crippen LogP contribution >= 0.6 is 0 Å². The third-order valence-corrected chi connectivity index (χ3v) is 8.04. The zero-order valence-electron chi connectivity index (χ0n) is 20.0. The molecular weight excluding hydrogens is 608 g/mol. The monoisotopic (exact) mass is 624 g/mol. The highest BCUT2D eigenvalue weighted by Crippen LogP contribution is 2.34. The SMILES string of the molecule is O=C(O)c1[nH]n(-c2ccc(S(=O)(=O)O)cc2)c(=O)c1N=Nc1ccc(S(=O)(=O)O)cc1-c1ccc(S(=O)(=O)O)cc1. The maximum absolute atomic E-state index is 13.0. The number of benzene rings is 3. The van der Waals surface area contributed by atoms with E-state index in [9.17, 15) is 49.1 Å². The van der Waals surface area contributed by atoms with Crippen molar-refractivity contribution in [3.63, 3.8) is 0 Å². The maximum Gasteiger partial charge on any atom is 0.356 e. The van der Waals surface area contributed by atoms with Crippen molar-refractivity contribution >= 4 is 47.7 Å². The van der Waals surface area contributed by atoms with E-state index in [0.717, 1.165) is 59.3 Å². The Balaban J connectivity index is 1.84. The average molecular weight is 625 g/mol. The van der Waals surface area contributed by atoms with Crippen LogP contribution in [0.4, 0.5) is 11.4 Å². The van der Waals surface area contributed by atoms with E-state index < -0.39 is 68.0 Å². The van der Waals surface area contributed by atoms with Crippen molar-refractivity contribution in [2.24, 2.45) is 10.2 Å². The van der Waals surface area contributed by atoms with Crippen LogP contribution in [0.25, 0.3) is 16.8 Å². The number of carboxylic acids is 1. The Hall–Kier alpha value is -4.53. The van der Waals surface area contributed by atoms with Crippen LogP contribution in [0, 0.1) is 0 Å². The minimum atomic E-state index is -4.71.